The maximum Gasteiger partial charge on any atom is 0.123 e. The topological polar surface area (TPSA) is 24.5 Å². The van der Waals surface area contributed by atoms with Gasteiger partial charge in [0.15, 0.2) is 0 Å². The van der Waals surface area contributed by atoms with Crippen LogP contribution in [0.4, 0.5) is 4.39 Å². The largest absolute Gasteiger partial charge is 0.492 e. The van der Waals surface area contributed by atoms with Crippen molar-refractivity contribution in [3.8, 4) is 5.75 Å². The lowest BCUT2D eigenvalue weighted by Crippen LogP contribution is -2.50. The van der Waals surface area contributed by atoms with E-state index in [1.807, 2.05) is 0 Å². The van der Waals surface area contributed by atoms with Gasteiger partial charge in [0, 0.05) is 32.2 Å². The van der Waals surface area contributed by atoms with Crippen LogP contribution in [-0.2, 0) is 0 Å². The molecule has 0 saturated carbocycles. The van der Waals surface area contributed by atoms with Gasteiger partial charge in [0.2, 0.25) is 0 Å². The Morgan fingerprint density at radius 1 is 1.41 bits per heavy atom. The molecule has 1 heterocycles. The quantitative estimate of drug-likeness (QED) is 0.860. The third-order valence-corrected chi connectivity index (χ3v) is 2.94. The average Bonchev–Trinajstić information content (AvgIpc) is 2.32. The Hall–Kier alpha value is -1.13. The van der Waals surface area contributed by atoms with E-state index in [-0.39, 0.29) is 5.82 Å². The molecule has 0 aromatic heterocycles. The molecule has 4 heteroatoms. The normalized spacial score (nSPS) is 21.4. The predicted molar refractivity (Wildman–Crippen MR) is 65.8 cm³/mol. The van der Waals surface area contributed by atoms with Crippen LogP contribution in [-0.4, -0.2) is 43.7 Å². The molecule has 1 saturated heterocycles. The summed E-state index contributed by atoms with van der Waals surface area (Å²) in [4.78, 5) is 2.38. The van der Waals surface area contributed by atoms with Crippen LogP contribution in [0.5, 0.6) is 5.75 Å². The Morgan fingerprint density at radius 3 is 2.88 bits per heavy atom. The van der Waals surface area contributed by atoms with Crippen LogP contribution in [0.25, 0.3) is 0 Å². The molecule has 1 atom stereocenters. The first kappa shape index (κ1) is 12.3. The van der Waals surface area contributed by atoms with E-state index >= 15 is 0 Å². The number of hydrogen-bond acceptors (Lipinski definition) is 3. The van der Waals surface area contributed by atoms with Crippen molar-refractivity contribution in [3.63, 3.8) is 0 Å². The zero-order valence-corrected chi connectivity index (χ0v) is 10.2. The van der Waals surface area contributed by atoms with Gasteiger partial charge in [0.05, 0.1) is 0 Å². The second-order valence-corrected chi connectivity index (χ2v) is 4.46. The number of ether oxygens (including phenoxy) is 1. The summed E-state index contributed by atoms with van der Waals surface area (Å²) in [5.41, 5.74) is 0. The molecule has 3 nitrogen and oxygen atoms in total. The van der Waals surface area contributed by atoms with E-state index in [2.05, 4.69) is 17.1 Å². The molecule has 1 aliphatic heterocycles. The van der Waals surface area contributed by atoms with Crippen molar-refractivity contribution < 1.29 is 9.13 Å². The maximum atomic E-state index is 12.7. The predicted octanol–water partition coefficient (Wildman–Crippen LogP) is 1.50. The molecule has 17 heavy (non-hydrogen) atoms. The summed E-state index contributed by atoms with van der Waals surface area (Å²) in [6.45, 7) is 6.93. The van der Waals surface area contributed by atoms with E-state index in [1.54, 1.807) is 12.1 Å². The zero-order valence-electron chi connectivity index (χ0n) is 10.2. The molecule has 1 aromatic rings. The molecule has 1 fully saturated rings. The zero-order chi connectivity index (χ0) is 12.1. The summed E-state index contributed by atoms with van der Waals surface area (Å²) in [5.74, 6) is 0.503. The van der Waals surface area contributed by atoms with Gasteiger partial charge in [0.25, 0.3) is 0 Å². The molecule has 0 spiro atoms. The molecule has 0 bridgehead atoms. The molecular weight excluding hydrogens is 219 g/mol. The van der Waals surface area contributed by atoms with Crippen molar-refractivity contribution in [1.29, 1.82) is 0 Å². The van der Waals surface area contributed by atoms with E-state index in [0.717, 1.165) is 31.9 Å². The van der Waals surface area contributed by atoms with E-state index in [9.17, 15) is 4.39 Å². The highest BCUT2D eigenvalue weighted by Crippen LogP contribution is 2.11. The fourth-order valence-corrected chi connectivity index (χ4v) is 2.04. The lowest BCUT2D eigenvalue weighted by Gasteiger charge is -2.31. The monoisotopic (exact) mass is 238 g/mol. The fraction of sp³-hybridized carbons (Fsp3) is 0.538. The van der Waals surface area contributed by atoms with Gasteiger partial charge in [0.1, 0.15) is 18.2 Å². The first-order valence-corrected chi connectivity index (χ1v) is 6.08. The van der Waals surface area contributed by atoms with Gasteiger partial charge in [-0.05, 0) is 31.2 Å². The van der Waals surface area contributed by atoms with Crippen LogP contribution in [0.1, 0.15) is 6.92 Å². The summed E-state index contributed by atoms with van der Waals surface area (Å²) >= 11 is 0. The van der Waals surface area contributed by atoms with Crippen molar-refractivity contribution in [2.75, 3.05) is 32.8 Å². The minimum absolute atomic E-state index is 0.228. The summed E-state index contributed by atoms with van der Waals surface area (Å²) in [6, 6.07) is 6.71. The summed E-state index contributed by atoms with van der Waals surface area (Å²) < 4.78 is 18.2. The van der Waals surface area contributed by atoms with Crippen LogP contribution in [0.2, 0.25) is 0 Å². The van der Waals surface area contributed by atoms with Gasteiger partial charge in [-0.15, -0.1) is 0 Å². The molecule has 0 radical (unpaired) electrons. The second kappa shape index (κ2) is 5.98. The van der Waals surface area contributed by atoms with Gasteiger partial charge in [-0.1, -0.05) is 0 Å². The van der Waals surface area contributed by atoms with Gasteiger partial charge in [-0.25, -0.2) is 4.39 Å². The number of halogens is 1. The Labute approximate surface area is 102 Å². The lowest BCUT2D eigenvalue weighted by molar-refractivity contribution is 0.170. The highest BCUT2D eigenvalue weighted by molar-refractivity contribution is 5.21. The minimum Gasteiger partial charge on any atom is -0.492 e. The molecule has 0 unspecified atom stereocenters. The van der Waals surface area contributed by atoms with Crippen LogP contribution >= 0.6 is 0 Å². The van der Waals surface area contributed by atoms with Crippen molar-refractivity contribution in [1.82, 2.24) is 10.2 Å². The standard InChI is InChI=1S/C13H19FN2O/c1-11-10-16(7-6-15-11)8-9-17-13-4-2-12(14)3-5-13/h2-5,11,15H,6-10H2,1H3/t11-/m1/s1. The minimum atomic E-state index is -0.228. The number of rotatable bonds is 4. The smallest absolute Gasteiger partial charge is 0.123 e. The van der Waals surface area contributed by atoms with Crippen LogP contribution in [0, 0.1) is 5.82 Å². The first-order chi connectivity index (χ1) is 8.24. The molecule has 2 rings (SSSR count). The highest BCUT2D eigenvalue weighted by Gasteiger charge is 2.14. The molecular formula is C13H19FN2O. The third-order valence-electron chi connectivity index (χ3n) is 2.94. The highest BCUT2D eigenvalue weighted by atomic mass is 19.1. The number of benzene rings is 1. The van der Waals surface area contributed by atoms with Crippen molar-refractivity contribution >= 4 is 0 Å². The van der Waals surface area contributed by atoms with E-state index in [4.69, 9.17) is 4.74 Å². The fourth-order valence-electron chi connectivity index (χ4n) is 2.04. The number of nitrogens with one attached hydrogen (secondary N) is 1. The van der Waals surface area contributed by atoms with Crippen LogP contribution in [0.15, 0.2) is 24.3 Å². The Balaban J connectivity index is 1.70. The van der Waals surface area contributed by atoms with Crippen LogP contribution < -0.4 is 10.1 Å². The number of hydrogen-bond donors (Lipinski definition) is 1. The molecule has 0 amide bonds. The number of piperazine rings is 1. The Bertz CT molecular complexity index is 342. The number of nitrogens with zero attached hydrogens (tertiary/aromatic N) is 1. The van der Waals surface area contributed by atoms with Gasteiger partial charge < -0.3 is 10.1 Å². The third kappa shape index (κ3) is 3.98. The summed E-state index contributed by atoms with van der Waals surface area (Å²) in [7, 11) is 0. The van der Waals surface area contributed by atoms with Crippen molar-refractivity contribution in [2.24, 2.45) is 0 Å². The van der Waals surface area contributed by atoms with Gasteiger partial charge >= 0.3 is 0 Å². The Morgan fingerprint density at radius 2 is 2.18 bits per heavy atom. The van der Waals surface area contributed by atoms with E-state index in [1.165, 1.54) is 12.1 Å². The summed E-state index contributed by atoms with van der Waals surface area (Å²) in [5, 5.41) is 3.40. The van der Waals surface area contributed by atoms with E-state index < -0.39 is 0 Å². The molecule has 1 aromatic carbocycles. The average molecular weight is 238 g/mol. The van der Waals surface area contributed by atoms with Crippen LogP contribution in [0.3, 0.4) is 0 Å². The summed E-state index contributed by atoms with van der Waals surface area (Å²) in [6.07, 6.45) is 0. The molecule has 1 aliphatic rings. The van der Waals surface area contributed by atoms with Gasteiger partial charge in [-0.2, -0.15) is 0 Å². The van der Waals surface area contributed by atoms with Crippen molar-refractivity contribution in [2.45, 2.75) is 13.0 Å². The van der Waals surface area contributed by atoms with Crippen molar-refractivity contribution in [3.05, 3.63) is 30.1 Å². The second-order valence-electron chi connectivity index (χ2n) is 4.46. The Kier molecular flexibility index (Phi) is 4.34. The maximum absolute atomic E-state index is 12.7. The molecule has 0 aliphatic carbocycles. The molecule has 1 N–H and O–H groups in total. The van der Waals surface area contributed by atoms with E-state index in [0.29, 0.717) is 12.6 Å². The first-order valence-electron chi connectivity index (χ1n) is 6.08. The SMILES string of the molecule is C[C@@H]1CN(CCOc2ccc(F)cc2)CCN1. The van der Waals surface area contributed by atoms with Gasteiger partial charge in [-0.3, -0.25) is 4.90 Å². The molecule has 94 valence electrons. The lowest BCUT2D eigenvalue weighted by atomic mass is 10.2.